The van der Waals surface area contributed by atoms with Gasteiger partial charge >= 0.3 is 0 Å². The minimum atomic E-state index is -0.102. The Morgan fingerprint density at radius 1 is 1.20 bits per heavy atom. The molecule has 2 N–H and O–H groups in total. The van der Waals surface area contributed by atoms with E-state index >= 15 is 0 Å². The highest BCUT2D eigenvalue weighted by Gasteiger charge is 2.16. The van der Waals surface area contributed by atoms with E-state index in [1.807, 2.05) is 31.3 Å². The number of ketones is 1. The molecule has 130 valence electrons. The van der Waals surface area contributed by atoms with E-state index in [1.54, 1.807) is 12.1 Å². The Bertz CT molecular complexity index is 772. The number of aryl methyl sites for hydroxylation is 1. The van der Waals surface area contributed by atoms with E-state index in [9.17, 15) is 9.59 Å². The smallest absolute Gasteiger partial charge is 0.220 e. The van der Waals surface area contributed by atoms with Crippen molar-refractivity contribution in [1.82, 2.24) is 15.6 Å². The molecule has 1 aromatic carbocycles. The molecule has 1 aliphatic rings. The molecule has 1 amide bonds. The van der Waals surface area contributed by atoms with Crippen molar-refractivity contribution in [3.05, 3.63) is 64.5 Å². The van der Waals surface area contributed by atoms with Crippen LogP contribution < -0.4 is 10.6 Å². The lowest BCUT2D eigenvalue weighted by atomic mass is 9.96. The molecular weight excluding hydrogens is 314 g/mol. The molecule has 0 saturated carbocycles. The molecule has 25 heavy (non-hydrogen) atoms. The van der Waals surface area contributed by atoms with Gasteiger partial charge in [0.15, 0.2) is 5.78 Å². The molecule has 0 spiro atoms. The number of fused-ring (bicyclic) bond motifs is 1. The summed E-state index contributed by atoms with van der Waals surface area (Å²) >= 11 is 0. The van der Waals surface area contributed by atoms with Crippen molar-refractivity contribution < 1.29 is 9.59 Å². The Balaban J connectivity index is 1.55. The molecule has 1 aromatic heterocycles. The molecule has 0 radical (unpaired) electrons. The van der Waals surface area contributed by atoms with Crippen LogP contribution in [0.15, 0.2) is 36.5 Å². The fraction of sp³-hybridized carbons (Fsp3) is 0.350. The van der Waals surface area contributed by atoms with E-state index in [0.717, 1.165) is 30.8 Å². The van der Waals surface area contributed by atoms with Gasteiger partial charge in [0.25, 0.3) is 0 Å². The van der Waals surface area contributed by atoms with Gasteiger partial charge in [-0.05, 0) is 36.6 Å². The summed E-state index contributed by atoms with van der Waals surface area (Å²) in [4.78, 5) is 28.6. The number of hydrogen-bond acceptors (Lipinski definition) is 4. The summed E-state index contributed by atoms with van der Waals surface area (Å²) in [7, 11) is 0. The number of pyridine rings is 1. The number of carbonyl (C=O) groups excluding carboxylic acids is 2. The number of benzene rings is 1. The molecule has 3 rings (SSSR count). The normalized spacial score (nSPS) is 13.2. The second-order valence-corrected chi connectivity index (χ2v) is 6.32. The standard InChI is InChI=1S/C20H23N3O2/c1-14-18(17-9-10-21-11-16(17)12-22-14)13-23-20(25)8-7-19(24)15-5-3-2-4-6-15/h2-6,12,21H,7-11,13H2,1H3,(H,23,25). The molecule has 0 bridgehead atoms. The molecule has 0 aliphatic carbocycles. The molecule has 5 nitrogen and oxygen atoms in total. The van der Waals surface area contributed by atoms with Gasteiger partial charge in [-0.25, -0.2) is 0 Å². The highest BCUT2D eigenvalue weighted by molar-refractivity contribution is 5.97. The van der Waals surface area contributed by atoms with Crippen LogP contribution in [-0.2, 0) is 24.3 Å². The largest absolute Gasteiger partial charge is 0.352 e. The number of amides is 1. The number of rotatable bonds is 6. The highest BCUT2D eigenvalue weighted by Crippen LogP contribution is 2.20. The summed E-state index contributed by atoms with van der Waals surface area (Å²) < 4.78 is 0. The average molecular weight is 337 g/mol. The molecule has 0 unspecified atom stereocenters. The Morgan fingerprint density at radius 2 is 2.00 bits per heavy atom. The number of nitrogens with zero attached hydrogens (tertiary/aromatic N) is 1. The van der Waals surface area contributed by atoms with E-state index in [0.29, 0.717) is 12.1 Å². The minimum Gasteiger partial charge on any atom is -0.352 e. The van der Waals surface area contributed by atoms with Crippen molar-refractivity contribution in [2.75, 3.05) is 6.54 Å². The molecule has 2 aromatic rings. The van der Waals surface area contributed by atoms with Crippen LogP contribution in [0.3, 0.4) is 0 Å². The molecule has 0 fully saturated rings. The SMILES string of the molecule is Cc1ncc2c(c1CNC(=O)CCC(=O)c1ccccc1)CCNC2. The number of carbonyl (C=O) groups is 2. The molecule has 5 heteroatoms. The van der Waals surface area contributed by atoms with E-state index in [4.69, 9.17) is 0 Å². The van der Waals surface area contributed by atoms with E-state index < -0.39 is 0 Å². The predicted molar refractivity (Wildman–Crippen MR) is 96.2 cm³/mol. The zero-order chi connectivity index (χ0) is 17.6. The summed E-state index contributed by atoms with van der Waals surface area (Å²) in [6.07, 6.45) is 3.30. The lowest BCUT2D eigenvalue weighted by molar-refractivity contribution is -0.121. The fourth-order valence-corrected chi connectivity index (χ4v) is 3.15. The van der Waals surface area contributed by atoms with Crippen molar-refractivity contribution in [3.63, 3.8) is 0 Å². The highest BCUT2D eigenvalue weighted by atomic mass is 16.2. The maximum absolute atomic E-state index is 12.1. The van der Waals surface area contributed by atoms with Crippen molar-refractivity contribution in [2.24, 2.45) is 0 Å². The molecule has 1 aliphatic heterocycles. The van der Waals surface area contributed by atoms with Gasteiger partial charge in [0.2, 0.25) is 5.91 Å². The lowest BCUT2D eigenvalue weighted by Crippen LogP contribution is -2.29. The zero-order valence-corrected chi connectivity index (χ0v) is 14.5. The summed E-state index contributed by atoms with van der Waals surface area (Å²) in [5, 5.41) is 6.28. The third kappa shape index (κ3) is 4.31. The number of hydrogen-bond donors (Lipinski definition) is 2. The van der Waals surface area contributed by atoms with Crippen LogP contribution in [-0.4, -0.2) is 23.2 Å². The molecule has 0 atom stereocenters. The summed E-state index contributed by atoms with van der Waals surface area (Å²) in [6.45, 7) is 4.22. The molecule has 2 heterocycles. The monoisotopic (exact) mass is 337 g/mol. The van der Waals surface area contributed by atoms with Crippen LogP contribution in [0.2, 0.25) is 0 Å². The quantitative estimate of drug-likeness (QED) is 0.794. The van der Waals surface area contributed by atoms with Gasteiger partial charge in [0.1, 0.15) is 0 Å². The molecule has 0 saturated heterocycles. The average Bonchev–Trinajstić information content (AvgIpc) is 2.66. The van der Waals surface area contributed by atoms with Gasteiger partial charge in [0, 0.05) is 43.4 Å². The van der Waals surface area contributed by atoms with E-state index in [2.05, 4.69) is 15.6 Å². The maximum atomic E-state index is 12.1. The summed E-state index contributed by atoms with van der Waals surface area (Å²) in [5.74, 6) is -0.105. The lowest BCUT2D eigenvalue weighted by Gasteiger charge is -2.21. The number of aromatic nitrogens is 1. The van der Waals surface area contributed by atoms with Gasteiger partial charge in [-0.1, -0.05) is 30.3 Å². The van der Waals surface area contributed by atoms with Gasteiger partial charge in [0.05, 0.1) is 0 Å². The zero-order valence-electron chi connectivity index (χ0n) is 14.5. The number of nitrogens with one attached hydrogen (secondary N) is 2. The van der Waals surface area contributed by atoms with Crippen LogP contribution in [0.1, 0.15) is 45.6 Å². The summed E-state index contributed by atoms with van der Waals surface area (Å²) in [5.41, 5.74) is 5.23. The van der Waals surface area contributed by atoms with Crippen LogP contribution >= 0.6 is 0 Å². The van der Waals surface area contributed by atoms with E-state index in [1.165, 1.54) is 11.1 Å². The fourth-order valence-electron chi connectivity index (χ4n) is 3.15. The topological polar surface area (TPSA) is 71.1 Å². The predicted octanol–water partition coefficient (Wildman–Crippen LogP) is 2.32. The Labute approximate surface area is 147 Å². The van der Waals surface area contributed by atoms with Crippen LogP contribution in [0.25, 0.3) is 0 Å². The summed E-state index contributed by atoms with van der Waals surface area (Å²) in [6, 6.07) is 9.09. The third-order valence-corrected chi connectivity index (χ3v) is 4.61. The Hall–Kier alpha value is -2.53. The Morgan fingerprint density at radius 3 is 2.80 bits per heavy atom. The minimum absolute atomic E-state index is 0.00300. The third-order valence-electron chi connectivity index (χ3n) is 4.61. The first-order valence-electron chi connectivity index (χ1n) is 8.67. The van der Waals surface area contributed by atoms with Gasteiger partial charge in [-0.15, -0.1) is 0 Å². The molecular formula is C20H23N3O2. The van der Waals surface area contributed by atoms with Crippen LogP contribution in [0, 0.1) is 6.92 Å². The first-order chi connectivity index (χ1) is 12.1. The van der Waals surface area contributed by atoms with Crippen molar-refractivity contribution in [1.29, 1.82) is 0 Å². The van der Waals surface area contributed by atoms with Gasteiger partial charge in [-0.3, -0.25) is 14.6 Å². The Kier molecular flexibility index (Phi) is 5.56. The van der Waals surface area contributed by atoms with Crippen molar-refractivity contribution in [2.45, 2.75) is 39.3 Å². The van der Waals surface area contributed by atoms with Crippen molar-refractivity contribution in [3.8, 4) is 0 Å². The van der Waals surface area contributed by atoms with Gasteiger partial charge < -0.3 is 10.6 Å². The maximum Gasteiger partial charge on any atom is 0.220 e. The second-order valence-electron chi connectivity index (χ2n) is 6.32. The van der Waals surface area contributed by atoms with Crippen LogP contribution in [0.4, 0.5) is 0 Å². The van der Waals surface area contributed by atoms with Gasteiger partial charge in [-0.2, -0.15) is 0 Å². The first kappa shape index (κ1) is 17.3. The number of Topliss-reactive ketones (excluding diaryl/α,β-unsaturated/α-hetero) is 1. The first-order valence-corrected chi connectivity index (χ1v) is 8.67. The van der Waals surface area contributed by atoms with Crippen LogP contribution in [0.5, 0.6) is 0 Å². The van der Waals surface area contributed by atoms with Crippen molar-refractivity contribution >= 4 is 11.7 Å². The van der Waals surface area contributed by atoms with E-state index in [-0.39, 0.29) is 24.5 Å². The second kappa shape index (κ2) is 8.03.